The summed E-state index contributed by atoms with van der Waals surface area (Å²) in [6.07, 6.45) is 3.89. The molecule has 1 aromatic carbocycles. The maximum Gasteiger partial charge on any atom is 0.220 e. The number of carbonyl (C=O) groups excluding carboxylic acids is 1. The van der Waals surface area contributed by atoms with Gasteiger partial charge in [0.2, 0.25) is 5.91 Å². The van der Waals surface area contributed by atoms with E-state index in [9.17, 15) is 4.79 Å². The minimum Gasteiger partial charge on any atom is -0.497 e. The van der Waals surface area contributed by atoms with Gasteiger partial charge in [-0.05, 0) is 48.8 Å². The van der Waals surface area contributed by atoms with Gasteiger partial charge in [-0.2, -0.15) is 0 Å². The number of amides is 1. The first-order valence-corrected chi connectivity index (χ1v) is 7.64. The van der Waals surface area contributed by atoms with Gasteiger partial charge < -0.3 is 14.8 Å². The molecule has 1 amide bonds. The lowest BCUT2D eigenvalue weighted by Crippen LogP contribution is -2.27. The van der Waals surface area contributed by atoms with Crippen molar-refractivity contribution in [3.8, 4) is 5.75 Å². The smallest absolute Gasteiger partial charge is 0.220 e. The summed E-state index contributed by atoms with van der Waals surface area (Å²) in [7, 11) is 3.34. The third-order valence-corrected chi connectivity index (χ3v) is 3.99. The Morgan fingerprint density at radius 2 is 2.00 bits per heavy atom. The van der Waals surface area contributed by atoms with Gasteiger partial charge in [0.25, 0.3) is 0 Å². The van der Waals surface area contributed by atoms with E-state index in [2.05, 4.69) is 17.4 Å². The van der Waals surface area contributed by atoms with E-state index in [1.165, 1.54) is 18.4 Å². The molecule has 0 aromatic heterocycles. The zero-order valence-corrected chi connectivity index (χ0v) is 12.9. The van der Waals surface area contributed by atoms with Gasteiger partial charge in [-0.25, -0.2) is 0 Å². The minimum atomic E-state index is 0.138. The number of hydrogen-bond acceptors (Lipinski definition) is 3. The van der Waals surface area contributed by atoms with Gasteiger partial charge in [0, 0.05) is 26.7 Å². The van der Waals surface area contributed by atoms with Crippen LogP contribution in [0.25, 0.3) is 0 Å². The van der Waals surface area contributed by atoms with Crippen molar-refractivity contribution < 1.29 is 14.3 Å². The van der Waals surface area contributed by atoms with E-state index < -0.39 is 0 Å². The fraction of sp³-hybridized carbons (Fsp3) is 0.588. The minimum absolute atomic E-state index is 0.138. The van der Waals surface area contributed by atoms with E-state index in [0.29, 0.717) is 31.4 Å². The van der Waals surface area contributed by atoms with E-state index in [0.717, 1.165) is 12.2 Å². The second kappa shape index (κ2) is 8.03. The molecule has 2 rings (SSSR count). The topological polar surface area (TPSA) is 47.6 Å². The molecule has 1 fully saturated rings. The molecule has 1 unspecified atom stereocenters. The van der Waals surface area contributed by atoms with Crippen molar-refractivity contribution in [3.05, 3.63) is 29.8 Å². The molecule has 4 heteroatoms. The third-order valence-electron chi connectivity index (χ3n) is 3.99. The highest BCUT2D eigenvalue weighted by atomic mass is 16.5. The Morgan fingerprint density at radius 1 is 1.29 bits per heavy atom. The fourth-order valence-corrected chi connectivity index (χ4v) is 2.62. The molecule has 1 atom stereocenters. The van der Waals surface area contributed by atoms with Crippen molar-refractivity contribution in [1.29, 1.82) is 0 Å². The monoisotopic (exact) mass is 291 g/mol. The number of methoxy groups -OCH3 is 2. The lowest BCUT2D eigenvalue weighted by molar-refractivity contribution is -0.121. The normalized spacial score (nSPS) is 15.5. The molecule has 0 aliphatic heterocycles. The molecule has 116 valence electrons. The van der Waals surface area contributed by atoms with Crippen LogP contribution in [0.1, 0.15) is 37.2 Å². The maximum atomic E-state index is 12.1. The van der Waals surface area contributed by atoms with Crippen LogP contribution in [0.2, 0.25) is 0 Å². The van der Waals surface area contributed by atoms with Gasteiger partial charge in [-0.1, -0.05) is 12.1 Å². The first kappa shape index (κ1) is 15.8. The average molecular weight is 291 g/mol. The summed E-state index contributed by atoms with van der Waals surface area (Å²) in [6, 6.07) is 8.11. The zero-order valence-electron chi connectivity index (χ0n) is 12.9. The summed E-state index contributed by atoms with van der Waals surface area (Å²) in [5, 5.41) is 2.98. The number of benzene rings is 1. The summed E-state index contributed by atoms with van der Waals surface area (Å²) in [5.41, 5.74) is 1.24. The highest BCUT2D eigenvalue weighted by molar-refractivity contribution is 5.77. The van der Waals surface area contributed by atoms with Crippen LogP contribution in [-0.4, -0.2) is 33.3 Å². The average Bonchev–Trinajstić information content (AvgIpc) is 3.34. The molecule has 1 aliphatic rings. The van der Waals surface area contributed by atoms with Crippen molar-refractivity contribution >= 4 is 5.91 Å². The Morgan fingerprint density at radius 3 is 2.57 bits per heavy atom. The van der Waals surface area contributed by atoms with E-state index >= 15 is 0 Å². The second-order valence-corrected chi connectivity index (χ2v) is 5.62. The second-order valence-electron chi connectivity index (χ2n) is 5.62. The van der Waals surface area contributed by atoms with Gasteiger partial charge in [0.1, 0.15) is 5.75 Å². The molecule has 0 bridgehead atoms. The van der Waals surface area contributed by atoms with Gasteiger partial charge in [0.05, 0.1) is 7.11 Å². The van der Waals surface area contributed by atoms with Crippen molar-refractivity contribution in [2.45, 2.75) is 31.6 Å². The quantitative estimate of drug-likeness (QED) is 0.712. The van der Waals surface area contributed by atoms with Crippen molar-refractivity contribution in [2.75, 3.05) is 27.4 Å². The summed E-state index contributed by atoms with van der Waals surface area (Å²) in [6.45, 7) is 1.37. The van der Waals surface area contributed by atoms with Crippen LogP contribution in [0.15, 0.2) is 24.3 Å². The van der Waals surface area contributed by atoms with E-state index in [1.807, 2.05) is 12.1 Å². The van der Waals surface area contributed by atoms with E-state index in [-0.39, 0.29) is 5.91 Å². The Kier molecular flexibility index (Phi) is 6.05. The summed E-state index contributed by atoms with van der Waals surface area (Å²) < 4.78 is 10.2. The van der Waals surface area contributed by atoms with E-state index in [1.54, 1.807) is 14.2 Å². The first-order chi connectivity index (χ1) is 10.2. The lowest BCUT2D eigenvalue weighted by atomic mass is 9.90. The van der Waals surface area contributed by atoms with Crippen LogP contribution in [0.5, 0.6) is 5.75 Å². The van der Waals surface area contributed by atoms with Crippen LogP contribution >= 0.6 is 0 Å². The van der Waals surface area contributed by atoms with Crippen LogP contribution in [-0.2, 0) is 9.53 Å². The molecule has 4 nitrogen and oxygen atoms in total. The van der Waals surface area contributed by atoms with E-state index in [4.69, 9.17) is 9.47 Å². The molecule has 1 N–H and O–H groups in total. The molecular formula is C17H25NO3. The highest BCUT2D eigenvalue weighted by Crippen LogP contribution is 2.44. The molecular weight excluding hydrogens is 266 g/mol. The van der Waals surface area contributed by atoms with Crippen molar-refractivity contribution in [3.63, 3.8) is 0 Å². The third kappa shape index (κ3) is 5.05. The van der Waals surface area contributed by atoms with Crippen molar-refractivity contribution in [1.82, 2.24) is 5.32 Å². The predicted molar refractivity (Wildman–Crippen MR) is 82.6 cm³/mol. The Balaban J connectivity index is 1.88. The molecule has 21 heavy (non-hydrogen) atoms. The number of nitrogens with one attached hydrogen (secondary N) is 1. The summed E-state index contributed by atoms with van der Waals surface area (Å²) >= 11 is 0. The molecule has 0 radical (unpaired) electrons. The SMILES string of the molecule is COCCCNC(=O)CC(c1ccc(OC)cc1)C1CC1. The summed E-state index contributed by atoms with van der Waals surface area (Å²) in [5.74, 6) is 1.98. The molecule has 1 aromatic rings. The van der Waals surface area contributed by atoms with Gasteiger partial charge in [-0.3, -0.25) is 4.79 Å². The predicted octanol–water partition coefficient (Wildman–Crippen LogP) is 2.73. The number of ether oxygens (including phenoxy) is 2. The van der Waals surface area contributed by atoms with Crippen molar-refractivity contribution in [2.24, 2.45) is 5.92 Å². The van der Waals surface area contributed by atoms with Crippen LogP contribution < -0.4 is 10.1 Å². The Bertz CT molecular complexity index is 440. The molecule has 1 aliphatic carbocycles. The van der Waals surface area contributed by atoms with Gasteiger partial charge >= 0.3 is 0 Å². The lowest BCUT2D eigenvalue weighted by Gasteiger charge is -2.17. The molecule has 0 saturated heterocycles. The maximum absolute atomic E-state index is 12.1. The number of carbonyl (C=O) groups is 1. The van der Waals surface area contributed by atoms with Gasteiger partial charge in [0.15, 0.2) is 0 Å². The largest absolute Gasteiger partial charge is 0.497 e. The zero-order chi connectivity index (χ0) is 15.1. The van der Waals surface area contributed by atoms with Gasteiger partial charge in [-0.15, -0.1) is 0 Å². The fourth-order valence-electron chi connectivity index (χ4n) is 2.62. The number of rotatable bonds is 9. The molecule has 0 spiro atoms. The van der Waals surface area contributed by atoms with Crippen LogP contribution in [0, 0.1) is 5.92 Å². The van der Waals surface area contributed by atoms with Crippen LogP contribution in [0.3, 0.4) is 0 Å². The Hall–Kier alpha value is -1.55. The molecule has 1 saturated carbocycles. The van der Waals surface area contributed by atoms with Crippen LogP contribution in [0.4, 0.5) is 0 Å². The highest BCUT2D eigenvalue weighted by Gasteiger charge is 2.33. The number of hydrogen-bond donors (Lipinski definition) is 1. The standard InChI is InChI=1S/C17H25NO3/c1-20-11-3-10-18-17(19)12-16(13-4-5-13)14-6-8-15(21-2)9-7-14/h6-9,13,16H,3-5,10-12H2,1-2H3,(H,18,19). The first-order valence-electron chi connectivity index (χ1n) is 7.64. The Labute approximate surface area is 126 Å². The molecule has 0 heterocycles. The summed E-state index contributed by atoms with van der Waals surface area (Å²) in [4.78, 5) is 12.1.